The van der Waals surface area contributed by atoms with Gasteiger partial charge in [0.25, 0.3) is 0 Å². The standard InChI is InChI=1S/C41H76O8/c1-5-9-13-16-19-22-25-28-32-46-38(43)35-41(49-37(42)31-12-8-4,40(45)48-34-30-27-24-21-18-15-11-7-3)36-39(44)47-33-29-26-23-20-17-14-10-6-2/h5-36H2,1-4H3. The van der Waals surface area contributed by atoms with Crippen LogP contribution in [0.2, 0.25) is 0 Å². The molecule has 0 saturated heterocycles. The highest BCUT2D eigenvalue weighted by molar-refractivity contribution is 5.92. The van der Waals surface area contributed by atoms with E-state index in [0.29, 0.717) is 25.7 Å². The number of carbonyl (C=O) groups excluding carboxylic acids is 4. The first-order chi connectivity index (χ1) is 23.8. The molecule has 0 spiro atoms. The molecule has 0 amide bonds. The maximum Gasteiger partial charge on any atom is 0.351 e. The van der Waals surface area contributed by atoms with E-state index in [1.54, 1.807) is 0 Å². The molecule has 0 N–H and O–H groups in total. The van der Waals surface area contributed by atoms with Gasteiger partial charge in [0.1, 0.15) is 0 Å². The lowest BCUT2D eigenvalue weighted by atomic mass is 9.94. The minimum atomic E-state index is -2.11. The van der Waals surface area contributed by atoms with Crippen molar-refractivity contribution in [2.75, 3.05) is 19.8 Å². The van der Waals surface area contributed by atoms with Crippen molar-refractivity contribution in [2.24, 2.45) is 0 Å². The Hall–Kier alpha value is -2.12. The average Bonchev–Trinajstić information content (AvgIpc) is 3.08. The first-order valence-electron chi connectivity index (χ1n) is 20.5. The van der Waals surface area contributed by atoms with Gasteiger partial charge in [-0.3, -0.25) is 14.4 Å². The van der Waals surface area contributed by atoms with E-state index in [9.17, 15) is 19.2 Å². The summed E-state index contributed by atoms with van der Waals surface area (Å²) in [5.41, 5.74) is -2.11. The normalized spacial score (nSPS) is 11.3. The lowest BCUT2D eigenvalue weighted by Crippen LogP contribution is -2.48. The fourth-order valence-electron chi connectivity index (χ4n) is 5.86. The lowest BCUT2D eigenvalue weighted by molar-refractivity contribution is -0.191. The van der Waals surface area contributed by atoms with Gasteiger partial charge in [0, 0.05) is 6.42 Å². The summed E-state index contributed by atoms with van der Waals surface area (Å²) in [6, 6.07) is 0. The second kappa shape index (κ2) is 34.3. The van der Waals surface area contributed by atoms with E-state index >= 15 is 0 Å². The van der Waals surface area contributed by atoms with Crippen molar-refractivity contribution in [3.05, 3.63) is 0 Å². The molecule has 49 heavy (non-hydrogen) atoms. The fraction of sp³-hybridized carbons (Fsp3) is 0.902. The highest BCUT2D eigenvalue weighted by atomic mass is 16.6. The lowest BCUT2D eigenvalue weighted by Gasteiger charge is -2.30. The monoisotopic (exact) mass is 697 g/mol. The third-order valence-corrected chi connectivity index (χ3v) is 9.03. The van der Waals surface area contributed by atoms with Crippen molar-refractivity contribution in [3.63, 3.8) is 0 Å². The molecule has 0 saturated carbocycles. The van der Waals surface area contributed by atoms with E-state index in [1.165, 1.54) is 77.0 Å². The molecule has 0 aliphatic rings. The van der Waals surface area contributed by atoms with Crippen molar-refractivity contribution in [3.8, 4) is 0 Å². The zero-order valence-electron chi connectivity index (χ0n) is 32.4. The van der Waals surface area contributed by atoms with Crippen LogP contribution in [0.5, 0.6) is 0 Å². The zero-order valence-corrected chi connectivity index (χ0v) is 32.4. The van der Waals surface area contributed by atoms with Crippen LogP contribution in [0, 0.1) is 0 Å². The molecule has 0 aromatic rings. The molecule has 0 aliphatic heterocycles. The summed E-state index contributed by atoms with van der Waals surface area (Å²) in [6.07, 6.45) is 26.6. The van der Waals surface area contributed by atoms with Gasteiger partial charge in [-0.15, -0.1) is 0 Å². The van der Waals surface area contributed by atoms with Gasteiger partial charge in [0.05, 0.1) is 32.7 Å². The number of unbranched alkanes of at least 4 members (excludes halogenated alkanes) is 22. The van der Waals surface area contributed by atoms with E-state index < -0.39 is 42.3 Å². The third kappa shape index (κ3) is 28.3. The van der Waals surface area contributed by atoms with E-state index in [-0.39, 0.29) is 26.2 Å². The SMILES string of the molecule is CCCCCCCCCCOC(=O)CC(CC(=O)OCCCCCCCCCC)(OC(=O)CCCC)C(=O)OCCCCCCCCCC. The Balaban J connectivity index is 5.34. The Kier molecular flexibility index (Phi) is 32.8. The van der Waals surface area contributed by atoms with Crippen molar-refractivity contribution < 1.29 is 38.1 Å². The van der Waals surface area contributed by atoms with Crippen LogP contribution in [0.3, 0.4) is 0 Å². The number of esters is 4. The van der Waals surface area contributed by atoms with Gasteiger partial charge in [0.15, 0.2) is 0 Å². The summed E-state index contributed by atoms with van der Waals surface area (Å²) < 4.78 is 22.4. The molecule has 0 bridgehead atoms. The molecule has 0 atom stereocenters. The Labute approximate surface area is 300 Å². The quantitative estimate of drug-likeness (QED) is 0.0362. The molecule has 288 valence electrons. The minimum absolute atomic E-state index is 0.0736. The second-order valence-corrected chi connectivity index (χ2v) is 13.9. The van der Waals surface area contributed by atoms with Crippen LogP contribution in [0.15, 0.2) is 0 Å². The van der Waals surface area contributed by atoms with Crippen molar-refractivity contribution >= 4 is 23.9 Å². The molecule has 0 unspecified atom stereocenters. The van der Waals surface area contributed by atoms with Gasteiger partial charge in [0.2, 0.25) is 5.60 Å². The molecule has 8 heteroatoms. The van der Waals surface area contributed by atoms with Crippen molar-refractivity contribution in [2.45, 2.75) is 219 Å². The molecule has 8 nitrogen and oxygen atoms in total. The summed E-state index contributed by atoms with van der Waals surface area (Å²) in [5, 5.41) is 0. The number of hydrogen-bond acceptors (Lipinski definition) is 8. The third-order valence-electron chi connectivity index (χ3n) is 9.03. The molecule has 0 radical (unpaired) electrons. The number of rotatable bonds is 36. The van der Waals surface area contributed by atoms with Gasteiger partial charge in [-0.25, -0.2) is 4.79 Å². The van der Waals surface area contributed by atoms with Crippen LogP contribution in [0.4, 0.5) is 0 Å². The highest BCUT2D eigenvalue weighted by Crippen LogP contribution is 2.27. The van der Waals surface area contributed by atoms with Crippen LogP contribution in [-0.2, 0) is 38.1 Å². The smallest absolute Gasteiger partial charge is 0.351 e. The first kappa shape index (κ1) is 46.9. The van der Waals surface area contributed by atoms with Gasteiger partial charge in [-0.2, -0.15) is 0 Å². The summed E-state index contributed by atoms with van der Waals surface area (Å²) in [4.78, 5) is 52.9. The molecular formula is C41H76O8. The number of carbonyl (C=O) groups is 4. The molecule has 0 aliphatic carbocycles. The van der Waals surface area contributed by atoms with Crippen LogP contribution >= 0.6 is 0 Å². The maximum absolute atomic E-state index is 13.7. The van der Waals surface area contributed by atoms with E-state index in [1.807, 2.05) is 6.92 Å². The van der Waals surface area contributed by atoms with E-state index in [2.05, 4.69) is 20.8 Å². The van der Waals surface area contributed by atoms with Crippen LogP contribution in [0.25, 0.3) is 0 Å². The topological polar surface area (TPSA) is 105 Å². The van der Waals surface area contributed by atoms with Crippen molar-refractivity contribution in [1.82, 2.24) is 0 Å². The average molecular weight is 697 g/mol. The van der Waals surface area contributed by atoms with Crippen LogP contribution < -0.4 is 0 Å². The van der Waals surface area contributed by atoms with Gasteiger partial charge in [-0.05, 0) is 25.7 Å². The first-order valence-corrected chi connectivity index (χ1v) is 20.5. The summed E-state index contributed by atoms with van der Waals surface area (Å²) in [5.74, 6) is -2.90. The number of hydrogen-bond donors (Lipinski definition) is 0. The van der Waals surface area contributed by atoms with Gasteiger partial charge >= 0.3 is 23.9 Å². The number of ether oxygens (including phenoxy) is 4. The Morgan fingerprint density at radius 2 is 0.673 bits per heavy atom. The van der Waals surface area contributed by atoms with Crippen LogP contribution in [-0.4, -0.2) is 49.3 Å². The molecule has 0 heterocycles. The van der Waals surface area contributed by atoms with E-state index in [4.69, 9.17) is 18.9 Å². The summed E-state index contributed by atoms with van der Waals surface area (Å²) in [7, 11) is 0. The van der Waals surface area contributed by atoms with Gasteiger partial charge in [-0.1, -0.05) is 169 Å². The van der Waals surface area contributed by atoms with Crippen LogP contribution in [0.1, 0.15) is 214 Å². The molecule has 0 rings (SSSR count). The fourth-order valence-corrected chi connectivity index (χ4v) is 5.86. The Morgan fingerprint density at radius 3 is 1.02 bits per heavy atom. The second-order valence-electron chi connectivity index (χ2n) is 13.9. The van der Waals surface area contributed by atoms with E-state index in [0.717, 1.165) is 64.2 Å². The van der Waals surface area contributed by atoms with Crippen molar-refractivity contribution in [1.29, 1.82) is 0 Å². The highest BCUT2D eigenvalue weighted by Gasteiger charge is 2.49. The summed E-state index contributed by atoms with van der Waals surface area (Å²) in [6.45, 7) is 9.10. The van der Waals surface area contributed by atoms with Gasteiger partial charge < -0.3 is 18.9 Å². The predicted octanol–water partition coefficient (Wildman–Crippen LogP) is 11.3. The molecule has 0 fully saturated rings. The minimum Gasteiger partial charge on any atom is -0.466 e. The Morgan fingerprint density at radius 1 is 0.367 bits per heavy atom. The predicted molar refractivity (Wildman–Crippen MR) is 198 cm³/mol. The molecule has 0 aromatic heterocycles. The zero-order chi connectivity index (χ0) is 36.3. The maximum atomic E-state index is 13.7. The summed E-state index contributed by atoms with van der Waals surface area (Å²) >= 11 is 0. The molecular weight excluding hydrogens is 620 g/mol. The largest absolute Gasteiger partial charge is 0.466 e. The molecule has 0 aromatic carbocycles. The Bertz CT molecular complexity index is 775.